The number of halogens is 1. The van der Waals surface area contributed by atoms with E-state index in [0.29, 0.717) is 6.54 Å². The summed E-state index contributed by atoms with van der Waals surface area (Å²) >= 11 is 0. The van der Waals surface area contributed by atoms with E-state index < -0.39 is 0 Å². The van der Waals surface area contributed by atoms with Gasteiger partial charge in [-0.05, 0) is 50.3 Å². The molecule has 1 atom stereocenters. The zero-order chi connectivity index (χ0) is 15.1. The van der Waals surface area contributed by atoms with Crippen molar-refractivity contribution in [3.8, 4) is 0 Å². The number of carbonyl (C=O) groups excluding carboxylic acids is 1. The van der Waals surface area contributed by atoms with E-state index in [1.165, 1.54) is 49.1 Å². The van der Waals surface area contributed by atoms with E-state index in [1.807, 2.05) is 6.92 Å². The van der Waals surface area contributed by atoms with Crippen LogP contribution in [0.2, 0.25) is 0 Å². The molecule has 0 unspecified atom stereocenters. The lowest BCUT2D eigenvalue weighted by Crippen LogP contribution is -3.16. The van der Waals surface area contributed by atoms with Gasteiger partial charge in [0.05, 0.1) is 13.1 Å². The maximum atomic E-state index is 12.8. The molecular formula is C17H26FN2O+. The van der Waals surface area contributed by atoms with Gasteiger partial charge in [-0.1, -0.05) is 18.6 Å². The molecule has 1 fully saturated rings. The summed E-state index contributed by atoms with van der Waals surface area (Å²) in [7, 11) is 0. The molecule has 0 bridgehead atoms. The lowest BCUT2D eigenvalue weighted by Gasteiger charge is -2.26. The standard InChI is InChI=1S/C17H25FN2O/c1-14(20-11-5-3-2-4-6-12-20)17(21)19-13-15-7-9-16(18)10-8-15/h7-10,14H,2-6,11-13H2,1H3,(H,19,21)/p+1/t14-/m1/s1. The molecule has 3 nitrogen and oxygen atoms in total. The third-order valence-corrected chi connectivity index (χ3v) is 4.38. The van der Waals surface area contributed by atoms with Crippen LogP contribution in [0.3, 0.4) is 0 Å². The molecule has 0 spiro atoms. The Bertz CT molecular complexity index is 439. The molecule has 0 aliphatic carbocycles. The van der Waals surface area contributed by atoms with Crippen molar-refractivity contribution < 1.29 is 14.1 Å². The van der Waals surface area contributed by atoms with Crippen molar-refractivity contribution >= 4 is 5.91 Å². The molecule has 1 aromatic rings. The van der Waals surface area contributed by atoms with Gasteiger partial charge in [0.15, 0.2) is 6.04 Å². The molecule has 116 valence electrons. The molecule has 4 heteroatoms. The van der Waals surface area contributed by atoms with E-state index in [4.69, 9.17) is 0 Å². The van der Waals surface area contributed by atoms with Gasteiger partial charge in [0.1, 0.15) is 5.82 Å². The predicted molar refractivity (Wildman–Crippen MR) is 81.5 cm³/mol. The summed E-state index contributed by atoms with van der Waals surface area (Å²) in [6, 6.07) is 6.26. The smallest absolute Gasteiger partial charge is 0.278 e. The minimum Gasteiger partial charge on any atom is -0.347 e. The average Bonchev–Trinajstić information content (AvgIpc) is 2.45. The van der Waals surface area contributed by atoms with Gasteiger partial charge in [-0.2, -0.15) is 0 Å². The van der Waals surface area contributed by atoms with Crippen molar-refractivity contribution in [2.75, 3.05) is 13.1 Å². The highest BCUT2D eigenvalue weighted by Crippen LogP contribution is 2.04. The number of quaternary nitrogens is 1. The monoisotopic (exact) mass is 293 g/mol. The summed E-state index contributed by atoms with van der Waals surface area (Å²) in [5, 5.41) is 2.97. The van der Waals surface area contributed by atoms with Crippen LogP contribution in [0.25, 0.3) is 0 Å². The quantitative estimate of drug-likeness (QED) is 0.870. The highest BCUT2D eigenvalue weighted by molar-refractivity contribution is 5.79. The van der Waals surface area contributed by atoms with Crippen LogP contribution < -0.4 is 10.2 Å². The van der Waals surface area contributed by atoms with Crippen molar-refractivity contribution in [2.24, 2.45) is 0 Å². The summed E-state index contributed by atoms with van der Waals surface area (Å²) in [5.41, 5.74) is 0.930. The maximum absolute atomic E-state index is 12.8. The number of amides is 1. The van der Waals surface area contributed by atoms with Gasteiger partial charge < -0.3 is 10.2 Å². The fourth-order valence-corrected chi connectivity index (χ4v) is 2.92. The number of likely N-dealkylation sites (tertiary alicyclic amines) is 1. The Hall–Kier alpha value is -1.42. The number of hydrogen-bond acceptors (Lipinski definition) is 1. The van der Waals surface area contributed by atoms with Crippen LogP contribution in [0.1, 0.15) is 44.6 Å². The molecule has 21 heavy (non-hydrogen) atoms. The molecule has 1 heterocycles. The van der Waals surface area contributed by atoms with Crippen molar-refractivity contribution in [2.45, 2.75) is 51.6 Å². The number of benzene rings is 1. The lowest BCUT2D eigenvalue weighted by molar-refractivity contribution is -0.915. The van der Waals surface area contributed by atoms with Crippen molar-refractivity contribution in [3.63, 3.8) is 0 Å². The highest BCUT2D eigenvalue weighted by atomic mass is 19.1. The molecule has 1 aliphatic rings. The minimum atomic E-state index is -0.247. The van der Waals surface area contributed by atoms with E-state index in [-0.39, 0.29) is 17.8 Å². The summed E-state index contributed by atoms with van der Waals surface area (Å²) in [6.45, 7) is 4.66. The third-order valence-electron chi connectivity index (χ3n) is 4.38. The Morgan fingerprint density at radius 2 is 1.71 bits per heavy atom. The first kappa shape index (κ1) is 16.0. The second-order valence-electron chi connectivity index (χ2n) is 5.99. The summed E-state index contributed by atoms with van der Waals surface area (Å²) in [5.74, 6) is -0.154. The minimum absolute atomic E-state index is 0.0106. The molecule has 0 saturated carbocycles. The van der Waals surface area contributed by atoms with Gasteiger partial charge in [-0.3, -0.25) is 4.79 Å². The summed E-state index contributed by atoms with van der Waals surface area (Å²) in [6.07, 6.45) is 6.33. The van der Waals surface area contributed by atoms with Crippen molar-refractivity contribution in [1.82, 2.24) is 5.32 Å². The normalized spacial score (nSPS) is 18.6. The lowest BCUT2D eigenvalue weighted by atomic mass is 10.1. The van der Waals surface area contributed by atoms with Gasteiger partial charge >= 0.3 is 0 Å². The van der Waals surface area contributed by atoms with E-state index in [1.54, 1.807) is 12.1 Å². The Balaban J connectivity index is 1.82. The average molecular weight is 293 g/mol. The molecule has 2 rings (SSSR count). The second-order valence-corrected chi connectivity index (χ2v) is 5.99. The van der Waals surface area contributed by atoms with Crippen LogP contribution in [-0.4, -0.2) is 25.0 Å². The summed E-state index contributed by atoms with van der Waals surface area (Å²) < 4.78 is 12.8. The largest absolute Gasteiger partial charge is 0.347 e. The fraction of sp³-hybridized carbons (Fsp3) is 0.588. The van der Waals surface area contributed by atoms with E-state index in [9.17, 15) is 9.18 Å². The number of carbonyl (C=O) groups is 1. The van der Waals surface area contributed by atoms with Crippen LogP contribution >= 0.6 is 0 Å². The van der Waals surface area contributed by atoms with E-state index in [2.05, 4.69) is 5.32 Å². The molecule has 1 amide bonds. The molecule has 2 N–H and O–H groups in total. The SMILES string of the molecule is C[C@H](C(=O)NCc1ccc(F)cc1)[NH+]1CCCCCCC1. The van der Waals surface area contributed by atoms with Crippen LogP contribution in [0, 0.1) is 5.82 Å². The van der Waals surface area contributed by atoms with Crippen LogP contribution in [-0.2, 0) is 11.3 Å². The number of hydrogen-bond donors (Lipinski definition) is 2. The molecule has 1 saturated heterocycles. The topological polar surface area (TPSA) is 33.5 Å². The van der Waals surface area contributed by atoms with E-state index in [0.717, 1.165) is 18.7 Å². The Kier molecular flexibility index (Phi) is 6.18. The van der Waals surface area contributed by atoms with E-state index >= 15 is 0 Å². The number of rotatable bonds is 4. The van der Waals surface area contributed by atoms with Crippen LogP contribution in [0.4, 0.5) is 4.39 Å². The van der Waals surface area contributed by atoms with Crippen LogP contribution in [0.5, 0.6) is 0 Å². The zero-order valence-electron chi connectivity index (χ0n) is 12.8. The van der Waals surface area contributed by atoms with Crippen LogP contribution in [0.15, 0.2) is 24.3 Å². The van der Waals surface area contributed by atoms with Gasteiger partial charge in [0.2, 0.25) is 0 Å². The van der Waals surface area contributed by atoms with Crippen molar-refractivity contribution in [1.29, 1.82) is 0 Å². The van der Waals surface area contributed by atoms with Gasteiger partial charge in [-0.15, -0.1) is 0 Å². The Labute approximate surface area is 126 Å². The Morgan fingerprint density at radius 3 is 2.33 bits per heavy atom. The summed E-state index contributed by atoms with van der Waals surface area (Å²) in [4.78, 5) is 13.7. The highest BCUT2D eigenvalue weighted by Gasteiger charge is 2.24. The zero-order valence-corrected chi connectivity index (χ0v) is 12.8. The first-order valence-electron chi connectivity index (χ1n) is 8.03. The second kappa shape index (κ2) is 8.13. The maximum Gasteiger partial charge on any atom is 0.278 e. The van der Waals surface area contributed by atoms with Gasteiger partial charge in [-0.25, -0.2) is 4.39 Å². The molecule has 0 radical (unpaired) electrons. The van der Waals surface area contributed by atoms with Crippen molar-refractivity contribution in [3.05, 3.63) is 35.6 Å². The fourth-order valence-electron chi connectivity index (χ4n) is 2.92. The Morgan fingerprint density at radius 1 is 1.14 bits per heavy atom. The molecular weight excluding hydrogens is 267 g/mol. The molecule has 1 aromatic carbocycles. The molecule has 1 aliphatic heterocycles. The van der Waals surface area contributed by atoms with Gasteiger partial charge in [0.25, 0.3) is 5.91 Å². The predicted octanol–water partition coefficient (Wildman–Crippen LogP) is 1.68. The first-order valence-corrected chi connectivity index (χ1v) is 8.03. The number of nitrogens with one attached hydrogen (secondary N) is 2. The molecule has 0 aromatic heterocycles. The van der Waals surface area contributed by atoms with Gasteiger partial charge in [0, 0.05) is 6.54 Å². The first-order chi connectivity index (χ1) is 10.2. The third kappa shape index (κ3) is 5.12.